The molecule has 1 aliphatic rings. The van der Waals surface area contributed by atoms with Gasteiger partial charge in [0.25, 0.3) is 0 Å². The first-order valence-corrected chi connectivity index (χ1v) is 15.4. The van der Waals surface area contributed by atoms with E-state index in [9.17, 15) is 26.9 Å². The van der Waals surface area contributed by atoms with Gasteiger partial charge >= 0.3 is 7.25 Å². The Labute approximate surface area is 247 Å². The minimum absolute atomic E-state index is 0.143. The van der Waals surface area contributed by atoms with Crippen LogP contribution in [0.5, 0.6) is 5.75 Å². The second-order valence-corrected chi connectivity index (χ2v) is 13.3. The molecule has 0 N–H and O–H groups in total. The molecule has 0 saturated heterocycles. The summed E-state index contributed by atoms with van der Waals surface area (Å²) < 4.78 is 45.0. The first-order chi connectivity index (χ1) is 20.6. The molecule has 9 heteroatoms. The molecule has 3 nitrogen and oxygen atoms in total. The highest BCUT2D eigenvalue weighted by atomic mass is 31.2. The predicted octanol–water partition coefficient (Wildman–Crippen LogP) is 7.26. The third kappa shape index (κ3) is 6.02. The minimum atomic E-state index is -6.00. The van der Waals surface area contributed by atoms with Crippen LogP contribution in [0.3, 0.4) is 0 Å². The molecule has 216 valence electrons. The largest absolute Gasteiger partial charge is 0.673 e. The first-order valence-electron chi connectivity index (χ1n) is 13.5. The Balaban J connectivity index is 0.000000682. The van der Waals surface area contributed by atoms with Gasteiger partial charge in [-0.2, -0.15) is 0 Å². The van der Waals surface area contributed by atoms with Crippen LogP contribution in [0.25, 0.3) is 0 Å². The number of hydrogen-bond donors (Lipinski definition) is 0. The Hall–Kier alpha value is -4.55. The molecule has 0 fully saturated rings. The van der Waals surface area contributed by atoms with Gasteiger partial charge in [0.05, 0.1) is 12.7 Å². The fourth-order valence-corrected chi connectivity index (χ4v) is 9.83. The van der Waals surface area contributed by atoms with Gasteiger partial charge in [-0.1, -0.05) is 84.9 Å². The van der Waals surface area contributed by atoms with E-state index in [0.717, 1.165) is 5.56 Å². The summed E-state index contributed by atoms with van der Waals surface area (Å²) in [4.78, 5) is 27.1. The summed E-state index contributed by atoms with van der Waals surface area (Å²) in [6.45, 7) is 0. The van der Waals surface area contributed by atoms with E-state index < -0.39 is 14.5 Å². The van der Waals surface area contributed by atoms with Gasteiger partial charge in [-0.3, -0.25) is 9.59 Å². The van der Waals surface area contributed by atoms with Crippen LogP contribution in [0.2, 0.25) is 0 Å². The van der Waals surface area contributed by atoms with E-state index in [-0.39, 0.29) is 11.6 Å². The van der Waals surface area contributed by atoms with Crippen molar-refractivity contribution in [3.05, 3.63) is 155 Å². The molecule has 6 rings (SSSR count). The van der Waals surface area contributed by atoms with E-state index in [2.05, 4.69) is 72.8 Å². The molecule has 0 aliphatic heterocycles. The van der Waals surface area contributed by atoms with Crippen molar-refractivity contribution >= 4 is 42.0 Å². The molecule has 0 amide bonds. The average molecular weight is 600 g/mol. The predicted molar refractivity (Wildman–Crippen MR) is 165 cm³/mol. The normalized spacial score (nSPS) is 12.5. The number of halogens is 4. The van der Waals surface area contributed by atoms with E-state index >= 15 is 0 Å². The minimum Gasteiger partial charge on any atom is -0.496 e. The van der Waals surface area contributed by atoms with Gasteiger partial charge in [0.15, 0.2) is 11.6 Å². The Morgan fingerprint density at radius 3 is 1.37 bits per heavy atom. The van der Waals surface area contributed by atoms with Gasteiger partial charge in [-0.05, 0) is 42.5 Å². The van der Waals surface area contributed by atoms with Crippen LogP contribution in [0, 0.1) is 0 Å². The zero-order valence-electron chi connectivity index (χ0n) is 23.1. The number of methoxy groups -OCH3 is 1. The van der Waals surface area contributed by atoms with Crippen molar-refractivity contribution in [1.29, 1.82) is 0 Å². The van der Waals surface area contributed by atoms with Gasteiger partial charge in [-0.25, -0.2) is 0 Å². The molecule has 0 saturated carbocycles. The van der Waals surface area contributed by atoms with Crippen molar-refractivity contribution in [1.82, 2.24) is 0 Å². The van der Waals surface area contributed by atoms with Crippen LogP contribution < -0.4 is 20.7 Å². The van der Waals surface area contributed by atoms with Gasteiger partial charge < -0.3 is 22.0 Å². The van der Waals surface area contributed by atoms with Gasteiger partial charge in [0.2, 0.25) is 0 Å². The number of carbonyl (C=O) groups is 2. The summed E-state index contributed by atoms with van der Waals surface area (Å²) in [7, 11) is -6.64. The number of ether oxygens (including phenoxy) is 1. The average Bonchev–Trinajstić information content (AvgIpc) is 3.02. The third-order valence-corrected chi connectivity index (χ3v) is 11.7. The maximum Gasteiger partial charge on any atom is 0.673 e. The van der Waals surface area contributed by atoms with Crippen LogP contribution in [-0.4, -0.2) is 25.9 Å². The van der Waals surface area contributed by atoms with E-state index in [1.54, 1.807) is 37.4 Å². The van der Waals surface area contributed by atoms with E-state index in [1.165, 1.54) is 15.9 Å². The van der Waals surface area contributed by atoms with Crippen LogP contribution in [0.15, 0.2) is 127 Å². The maximum absolute atomic E-state index is 13.7. The molecular formula is C34H26BF4O3P. The monoisotopic (exact) mass is 600 g/mol. The molecule has 0 spiro atoms. The van der Waals surface area contributed by atoms with Crippen LogP contribution in [0.1, 0.15) is 37.4 Å². The molecule has 0 bridgehead atoms. The fourth-order valence-electron chi connectivity index (χ4n) is 5.58. The topological polar surface area (TPSA) is 43.4 Å². The molecule has 0 heterocycles. The van der Waals surface area contributed by atoms with Crippen molar-refractivity contribution in [3.8, 4) is 5.75 Å². The lowest BCUT2D eigenvalue weighted by atomic mass is 9.83. The molecule has 0 radical (unpaired) electrons. The summed E-state index contributed by atoms with van der Waals surface area (Å²) in [5, 5.41) is 3.72. The highest BCUT2D eigenvalue weighted by Gasteiger charge is 2.47. The van der Waals surface area contributed by atoms with Gasteiger partial charge in [0.1, 0.15) is 35.1 Å². The Morgan fingerprint density at radius 1 is 0.558 bits per heavy atom. The van der Waals surface area contributed by atoms with Crippen molar-refractivity contribution in [2.75, 3.05) is 7.11 Å². The number of benzene rings is 5. The Bertz CT molecular complexity index is 1660. The zero-order chi connectivity index (χ0) is 30.6. The molecular weight excluding hydrogens is 574 g/mol. The second kappa shape index (κ2) is 12.4. The van der Waals surface area contributed by atoms with Crippen molar-refractivity contribution in [3.63, 3.8) is 0 Å². The van der Waals surface area contributed by atoms with E-state index in [4.69, 9.17) is 4.74 Å². The molecule has 0 atom stereocenters. The molecule has 0 aromatic heterocycles. The summed E-state index contributed by atoms with van der Waals surface area (Å²) in [6, 6.07) is 42.6. The first kappa shape index (κ1) is 29.9. The number of hydrogen-bond acceptors (Lipinski definition) is 3. The molecule has 43 heavy (non-hydrogen) atoms. The summed E-state index contributed by atoms with van der Waals surface area (Å²) >= 11 is 0. The molecule has 0 unspecified atom stereocenters. The molecule has 1 aliphatic carbocycles. The zero-order valence-corrected chi connectivity index (χ0v) is 24.0. The third-order valence-electron chi connectivity index (χ3n) is 7.33. The lowest BCUT2D eigenvalue weighted by Crippen LogP contribution is -2.32. The lowest BCUT2D eigenvalue weighted by molar-refractivity contribution is 0.0976. The van der Waals surface area contributed by atoms with Crippen LogP contribution in [0.4, 0.5) is 17.3 Å². The number of fused-ring (bicyclic) bond motifs is 2. The van der Waals surface area contributed by atoms with Crippen LogP contribution in [-0.2, 0) is 6.16 Å². The molecule has 5 aromatic rings. The summed E-state index contributed by atoms with van der Waals surface area (Å²) in [5.74, 6) is 0.176. The molecule has 5 aromatic carbocycles. The Morgan fingerprint density at radius 2 is 0.953 bits per heavy atom. The quantitative estimate of drug-likeness (QED) is 0.115. The second-order valence-electron chi connectivity index (χ2n) is 9.85. The van der Waals surface area contributed by atoms with Crippen molar-refractivity contribution in [2.45, 2.75) is 6.16 Å². The van der Waals surface area contributed by atoms with E-state index in [1.807, 2.05) is 24.3 Å². The summed E-state index contributed by atoms with van der Waals surface area (Å²) in [5.41, 5.74) is 2.55. The standard InChI is InChI=1S/C34H26O3P.BF4/c1-37-34-24(21-22-30-31(34)33(36)29-20-12-11-19-28(29)32(30)35)23-38(25-13-5-2-6-14-25,26-15-7-3-8-16-26)27-17-9-4-10-18-27;2-1(3,4)5/h2-22H,23H2,1H3;/q+1;-1. The SMILES string of the molecule is COc1c(C[P+](c2ccccc2)(c2ccccc2)c2ccccc2)ccc2c1C(=O)c1ccccc1C2=O.F[B-](F)(F)F. The fraction of sp³-hybridized carbons (Fsp3) is 0.0588. The lowest BCUT2D eigenvalue weighted by Gasteiger charge is -2.29. The maximum atomic E-state index is 13.7. The highest BCUT2D eigenvalue weighted by molar-refractivity contribution is 7.95. The van der Waals surface area contributed by atoms with Crippen molar-refractivity contribution < 1.29 is 31.6 Å². The summed E-state index contributed by atoms with van der Waals surface area (Å²) in [6.07, 6.45) is 0.643. The van der Waals surface area contributed by atoms with Crippen molar-refractivity contribution in [2.24, 2.45) is 0 Å². The number of carbonyl (C=O) groups excluding carboxylic acids is 2. The van der Waals surface area contributed by atoms with E-state index in [0.29, 0.717) is 34.2 Å². The number of rotatable bonds is 6. The Kier molecular flexibility index (Phi) is 8.60. The van der Waals surface area contributed by atoms with Gasteiger partial charge in [0, 0.05) is 22.3 Å². The van der Waals surface area contributed by atoms with Crippen LogP contribution >= 0.6 is 7.26 Å². The van der Waals surface area contributed by atoms with Gasteiger partial charge in [-0.15, -0.1) is 0 Å². The smallest absolute Gasteiger partial charge is 0.496 e. The number of ketones is 2. The highest BCUT2D eigenvalue weighted by Crippen LogP contribution is 2.59.